The fourth-order valence-corrected chi connectivity index (χ4v) is 8.94. The van der Waals surface area contributed by atoms with Crippen molar-refractivity contribution in [3.8, 4) is 0 Å². The van der Waals surface area contributed by atoms with Crippen molar-refractivity contribution in [3.63, 3.8) is 0 Å². The van der Waals surface area contributed by atoms with Crippen LogP contribution in [0, 0.1) is 0 Å². The molecule has 33 nitrogen and oxygen atoms in total. The number of thiol groups is 1. The van der Waals surface area contributed by atoms with E-state index in [4.69, 9.17) is 52.1 Å². The monoisotopic (exact) mass is 1100 g/mol. The molecule has 0 aromatic rings. The van der Waals surface area contributed by atoms with Gasteiger partial charge in [0.1, 0.15) is 146 Å². The number of aliphatic hydroxyl groups excluding tert-OH is 19. The lowest BCUT2D eigenvalue weighted by Gasteiger charge is -2.48. The fourth-order valence-electron chi connectivity index (χ4n) is 8.76. The van der Waals surface area contributed by atoms with Crippen molar-refractivity contribution in [2.24, 2.45) is 0 Å². The van der Waals surface area contributed by atoms with E-state index in [9.17, 15) is 102 Å². The Morgan fingerprint density at radius 3 is 1.03 bits per heavy atom. The number of aliphatic hydroxyl groups is 19. The largest absolute Gasteiger partial charge is 0.394 e. The summed E-state index contributed by atoms with van der Waals surface area (Å²) in [6.45, 7) is -3.32. The minimum absolute atomic E-state index is 0.536. The quantitative estimate of drug-likeness (QED) is 0.0475. The van der Waals surface area contributed by atoms with Gasteiger partial charge in [0.15, 0.2) is 37.7 Å². The van der Waals surface area contributed by atoms with E-state index < -0.39 is 230 Å². The molecule has 73 heavy (non-hydrogen) atoms. The Balaban J connectivity index is 0.000000272. The smallest absolute Gasteiger partial charge is 0.217 e. The molecule has 30 atom stereocenters. The molecule has 0 radical (unpaired) electrons. The highest BCUT2D eigenvalue weighted by Crippen LogP contribution is 2.35. The summed E-state index contributed by atoms with van der Waals surface area (Å²) in [6.07, 6.45) is -46.8. The summed E-state index contributed by atoms with van der Waals surface area (Å²) < 4.78 is 64.1. The van der Waals surface area contributed by atoms with Gasteiger partial charge in [0, 0.05) is 14.0 Å². The van der Waals surface area contributed by atoms with E-state index in [1.165, 1.54) is 14.0 Å². The molecule has 12 unspecified atom stereocenters. The van der Waals surface area contributed by atoms with Crippen molar-refractivity contribution in [2.75, 3.05) is 46.8 Å². The van der Waals surface area contributed by atoms with Gasteiger partial charge in [0.25, 0.3) is 0 Å². The van der Waals surface area contributed by atoms with Crippen molar-refractivity contribution in [3.05, 3.63) is 0 Å². The maximum absolute atomic E-state index is 11.6. The molecule has 6 fully saturated rings. The van der Waals surface area contributed by atoms with Crippen LogP contribution < -0.4 is 5.32 Å². The van der Waals surface area contributed by atoms with Crippen molar-refractivity contribution in [1.82, 2.24) is 5.32 Å². The lowest BCUT2D eigenvalue weighted by atomic mass is 9.95. The van der Waals surface area contributed by atoms with Crippen molar-refractivity contribution in [1.29, 1.82) is 0 Å². The highest BCUT2D eigenvalue weighted by atomic mass is 32.1. The second-order valence-electron chi connectivity index (χ2n) is 17.7. The number of methoxy groups -OCH3 is 1. The number of rotatable bonds is 17. The third-order valence-electron chi connectivity index (χ3n) is 12.9. The molecule has 6 rings (SSSR count). The Hall–Kier alpha value is -1.42. The molecular weight excluding hydrogens is 1030 g/mol. The van der Waals surface area contributed by atoms with Crippen LogP contribution in [-0.2, 0) is 61.1 Å². The summed E-state index contributed by atoms with van der Waals surface area (Å²) in [7, 11) is 1.25. The summed E-state index contributed by atoms with van der Waals surface area (Å²) in [4.78, 5) is 11.6. The fraction of sp³-hybridized carbons (Fsp3) is 0.974. The van der Waals surface area contributed by atoms with Crippen molar-refractivity contribution < 1.29 is 158 Å². The molecule has 0 aromatic heterocycles. The number of nitrogens with one attached hydrogen (secondary N) is 1. The van der Waals surface area contributed by atoms with E-state index in [2.05, 4.69) is 22.4 Å². The van der Waals surface area contributed by atoms with Gasteiger partial charge in [-0.15, -0.1) is 0 Å². The average molecular weight is 1100 g/mol. The summed E-state index contributed by atoms with van der Waals surface area (Å²) in [6, 6.07) is -1.16. The number of amides is 1. The summed E-state index contributed by atoms with van der Waals surface area (Å²) in [5.41, 5.74) is 0. The molecule has 6 saturated heterocycles. The second-order valence-corrected chi connectivity index (χ2v) is 17.9. The first kappa shape index (κ1) is 62.4. The molecule has 0 aliphatic carbocycles. The molecular formula is C39H69NO32S. The zero-order valence-electron chi connectivity index (χ0n) is 38.8. The van der Waals surface area contributed by atoms with Crippen LogP contribution in [0.15, 0.2) is 0 Å². The number of hydrogen-bond donors (Lipinski definition) is 21. The van der Waals surface area contributed by atoms with Gasteiger partial charge >= 0.3 is 0 Å². The van der Waals surface area contributed by atoms with Crippen LogP contribution in [0.2, 0.25) is 0 Å². The summed E-state index contributed by atoms with van der Waals surface area (Å²) in [5, 5.41) is 195. The molecule has 0 saturated carbocycles. The lowest BCUT2D eigenvalue weighted by Crippen LogP contribution is -2.68. The number of carbonyl (C=O) groups excluding carboxylic acids is 1. The summed E-state index contributed by atoms with van der Waals surface area (Å²) in [5.74, 6) is -0.536. The van der Waals surface area contributed by atoms with Crippen molar-refractivity contribution >= 4 is 18.8 Å². The lowest BCUT2D eigenvalue weighted by molar-refractivity contribution is -0.377. The van der Waals surface area contributed by atoms with E-state index in [1.807, 2.05) is 0 Å². The van der Waals surface area contributed by atoms with E-state index in [-0.39, 0.29) is 0 Å². The Bertz CT molecular complexity index is 1650. The minimum atomic E-state index is -1.89. The molecule has 0 bridgehead atoms. The normalized spacial score (nSPS) is 49.6. The number of carbonyl (C=O) groups is 1. The predicted octanol–water partition coefficient (Wildman–Crippen LogP) is -13.5. The van der Waals surface area contributed by atoms with Gasteiger partial charge in [-0.1, -0.05) is 0 Å². The van der Waals surface area contributed by atoms with Gasteiger partial charge in [-0.25, -0.2) is 0 Å². The minimum Gasteiger partial charge on any atom is -0.394 e. The Morgan fingerprint density at radius 1 is 0.384 bits per heavy atom. The SMILES string of the molecule is CO[C@@H]1OC(CO)[C@@H](O[C@@H]2OC(CO)[C@H](O)[C@H](O[C@H]3OC(CO)[C@H](O)[C@H](O)C3O)C2O)[C@H](O)C1NC(C)=O.OCC1O[C@@H](OS)C(O)[C@@H](O)[C@@H]1O[C@@H]1OC(CO)[C@H](O)[C@H](O[C@H]2OC(CO)[C@H](O)[C@H](O)C2O)C1O. The van der Waals surface area contributed by atoms with Crippen LogP contribution in [0.3, 0.4) is 0 Å². The molecule has 6 heterocycles. The molecule has 1 amide bonds. The predicted molar refractivity (Wildman–Crippen MR) is 227 cm³/mol. The van der Waals surface area contributed by atoms with Gasteiger partial charge in [0.2, 0.25) is 5.91 Å². The molecule has 6 aliphatic rings. The Labute approximate surface area is 419 Å². The molecule has 6 aliphatic heterocycles. The van der Waals surface area contributed by atoms with Crippen LogP contribution in [0.4, 0.5) is 0 Å². The van der Waals surface area contributed by atoms with Crippen molar-refractivity contribution in [2.45, 2.75) is 191 Å². The van der Waals surface area contributed by atoms with E-state index in [0.717, 1.165) is 0 Å². The van der Waals surface area contributed by atoms with Crippen LogP contribution in [0.5, 0.6) is 0 Å². The highest BCUT2D eigenvalue weighted by Gasteiger charge is 2.56. The Kier molecular flexibility index (Phi) is 23.9. The third-order valence-corrected chi connectivity index (χ3v) is 13.1. The van der Waals surface area contributed by atoms with Crippen LogP contribution >= 0.6 is 12.9 Å². The zero-order chi connectivity index (χ0) is 54.3. The van der Waals surface area contributed by atoms with E-state index in [1.54, 1.807) is 0 Å². The van der Waals surface area contributed by atoms with Gasteiger partial charge in [0.05, 0.1) is 39.6 Å². The van der Waals surface area contributed by atoms with Crippen LogP contribution in [0.1, 0.15) is 6.92 Å². The molecule has 34 heteroatoms. The number of ether oxygens (including phenoxy) is 11. The van der Waals surface area contributed by atoms with Gasteiger partial charge in [-0.2, -0.15) is 0 Å². The topological polar surface area (TPSA) is 524 Å². The van der Waals surface area contributed by atoms with Gasteiger partial charge in [-0.3, -0.25) is 8.98 Å². The van der Waals surface area contributed by atoms with Crippen LogP contribution in [-0.4, -0.2) is 334 Å². The number of hydrogen-bond acceptors (Lipinski definition) is 33. The maximum atomic E-state index is 11.6. The zero-order valence-corrected chi connectivity index (χ0v) is 39.7. The molecule has 428 valence electrons. The van der Waals surface area contributed by atoms with Gasteiger partial charge < -0.3 is 154 Å². The maximum Gasteiger partial charge on any atom is 0.217 e. The molecule has 20 N–H and O–H groups in total. The van der Waals surface area contributed by atoms with E-state index in [0.29, 0.717) is 0 Å². The molecule has 0 aromatic carbocycles. The third kappa shape index (κ3) is 13.9. The van der Waals surface area contributed by atoms with Crippen LogP contribution in [0.25, 0.3) is 0 Å². The van der Waals surface area contributed by atoms with Gasteiger partial charge in [-0.05, 0) is 12.9 Å². The summed E-state index contributed by atoms with van der Waals surface area (Å²) >= 11 is 3.52. The highest BCUT2D eigenvalue weighted by molar-refractivity contribution is 7.75. The standard InChI is InChI=1S/C21H37NO16.C18H32O16S/c1-6(26)22-10-13(29)17(9(5-25)36-19(10)33-2)37-21-16(32)18(12(28)8(4-24)35-21)38-20-15(31)14(30)11(27)7(3-23)34-20;19-1-4-7(22)9(24)11(26)16(29-4)33-15-8(23)5(2-20)30-17(13(15)28)32-14-6(3-21)31-18(34-35)12(27)10(14)25/h7-21,23-25,27-32H,3-5H2,1-2H3,(H,22,26);4-28,35H,1-3H2/t7?,8?,9?,10?,11-,12-,13+,14-,15?,16?,17+,18-,19+,20+,21-;4?,5?,6?,7-,8-,9-,10+,11?,12?,13?,14+,15-,16+,17-,18-/m00/s1. The average Bonchev–Trinajstić information content (AvgIpc) is 3.37. The Morgan fingerprint density at radius 2 is 0.685 bits per heavy atom. The first-order valence-corrected chi connectivity index (χ1v) is 23.1. The first-order chi connectivity index (χ1) is 34.6. The molecule has 0 spiro atoms. The second kappa shape index (κ2) is 27.9. The first-order valence-electron chi connectivity index (χ1n) is 22.7. The van der Waals surface area contributed by atoms with E-state index >= 15 is 0 Å².